The fourth-order valence-corrected chi connectivity index (χ4v) is 3.47. The van der Waals surface area contributed by atoms with Crippen molar-refractivity contribution >= 4 is 10.0 Å². The van der Waals surface area contributed by atoms with Gasteiger partial charge in [-0.2, -0.15) is 5.10 Å². The summed E-state index contributed by atoms with van der Waals surface area (Å²) in [6, 6.07) is 0.0881. The maximum Gasteiger partial charge on any atom is 0.213 e. The molecule has 2 rings (SSSR count). The molecule has 0 spiro atoms. The van der Waals surface area contributed by atoms with E-state index in [1.807, 2.05) is 7.05 Å². The second-order valence-electron chi connectivity index (χ2n) is 4.77. The number of nitrogens with zero attached hydrogens (tertiary/aromatic N) is 2. The Labute approximate surface area is 108 Å². The van der Waals surface area contributed by atoms with Crippen molar-refractivity contribution in [2.45, 2.75) is 31.8 Å². The van der Waals surface area contributed by atoms with E-state index in [1.54, 1.807) is 17.1 Å². The van der Waals surface area contributed by atoms with Crippen LogP contribution >= 0.6 is 0 Å². The molecule has 18 heavy (non-hydrogen) atoms. The monoisotopic (exact) mass is 272 g/mol. The fraction of sp³-hybridized carbons (Fsp3) is 0.727. The predicted molar refractivity (Wildman–Crippen MR) is 69.5 cm³/mol. The average Bonchev–Trinajstić information content (AvgIpc) is 2.74. The molecule has 0 amide bonds. The van der Waals surface area contributed by atoms with Gasteiger partial charge in [0.05, 0.1) is 11.9 Å². The number of aryl methyl sites for hydroxylation is 1. The van der Waals surface area contributed by atoms with E-state index in [0.717, 1.165) is 31.4 Å². The number of hydrogen-bond donors (Lipinski definition) is 2. The summed E-state index contributed by atoms with van der Waals surface area (Å²) in [4.78, 5) is 0. The van der Waals surface area contributed by atoms with Gasteiger partial charge in [-0.05, 0) is 19.4 Å². The highest BCUT2D eigenvalue weighted by molar-refractivity contribution is 7.89. The molecule has 1 aliphatic rings. The van der Waals surface area contributed by atoms with Crippen molar-refractivity contribution in [3.63, 3.8) is 0 Å². The van der Waals surface area contributed by atoms with E-state index in [-0.39, 0.29) is 11.8 Å². The van der Waals surface area contributed by atoms with Crippen LogP contribution in [0.3, 0.4) is 0 Å². The van der Waals surface area contributed by atoms with Crippen molar-refractivity contribution in [2.24, 2.45) is 7.05 Å². The minimum absolute atomic E-state index is 0.0881. The van der Waals surface area contributed by atoms with E-state index >= 15 is 0 Å². The van der Waals surface area contributed by atoms with Crippen LogP contribution in [0.15, 0.2) is 12.4 Å². The van der Waals surface area contributed by atoms with Crippen molar-refractivity contribution in [1.29, 1.82) is 0 Å². The molecule has 1 aliphatic heterocycles. The zero-order chi connectivity index (χ0) is 13.0. The molecular weight excluding hydrogens is 252 g/mol. The van der Waals surface area contributed by atoms with Gasteiger partial charge in [-0.1, -0.05) is 6.42 Å². The summed E-state index contributed by atoms with van der Waals surface area (Å²) < 4.78 is 28.1. The van der Waals surface area contributed by atoms with Crippen LogP contribution < -0.4 is 10.0 Å². The lowest BCUT2D eigenvalue weighted by molar-refractivity contribution is 0.422. The molecule has 0 aliphatic carbocycles. The van der Waals surface area contributed by atoms with Gasteiger partial charge in [-0.3, -0.25) is 4.68 Å². The van der Waals surface area contributed by atoms with E-state index in [9.17, 15) is 8.42 Å². The normalized spacial score (nSPS) is 21.1. The third-order valence-electron chi connectivity index (χ3n) is 3.09. The summed E-state index contributed by atoms with van der Waals surface area (Å²) in [5, 5.41) is 7.24. The Morgan fingerprint density at radius 2 is 2.39 bits per heavy atom. The van der Waals surface area contributed by atoms with Crippen LogP contribution in [0.1, 0.15) is 24.8 Å². The Balaban J connectivity index is 1.83. The van der Waals surface area contributed by atoms with Crippen LogP contribution in [0.4, 0.5) is 0 Å². The number of piperidine rings is 1. The van der Waals surface area contributed by atoms with Gasteiger partial charge in [0, 0.05) is 31.4 Å². The Kier molecular flexibility index (Phi) is 4.36. The molecule has 0 bridgehead atoms. The van der Waals surface area contributed by atoms with E-state index in [0.29, 0.717) is 6.54 Å². The van der Waals surface area contributed by atoms with E-state index in [4.69, 9.17) is 0 Å². The largest absolute Gasteiger partial charge is 0.313 e. The van der Waals surface area contributed by atoms with Crippen LogP contribution in [-0.2, 0) is 23.6 Å². The Bertz CT molecular complexity index is 477. The lowest BCUT2D eigenvalue weighted by Crippen LogP contribution is -2.42. The van der Waals surface area contributed by atoms with Crippen molar-refractivity contribution in [3.8, 4) is 0 Å². The lowest BCUT2D eigenvalue weighted by Gasteiger charge is -2.23. The van der Waals surface area contributed by atoms with Gasteiger partial charge >= 0.3 is 0 Å². The topological polar surface area (TPSA) is 76.0 Å². The van der Waals surface area contributed by atoms with E-state index in [1.165, 1.54) is 0 Å². The summed E-state index contributed by atoms with van der Waals surface area (Å²) >= 11 is 0. The molecule has 0 radical (unpaired) electrons. The first kappa shape index (κ1) is 13.5. The highest BCUT2D eigenvalue weighted by Crippen LogP contribution is 2.09. The number of nitrogens with one attached hydrogen (secondary N) is 2. The molecule has 7 heteroatoms. The number of hydrogen-bond acceptors (Lipinski definition) is 4. The summed E-state index contributed by atoms with van der Waals surface area (Å²) in [6.45, 7) is 1.23. The molecule has 102 valence electrons. The minimum atomic E-state index is -3.22. The van der Waals surface area contributed by atoms with Crippen LogP contribution in [0.2, 0.25) is 0 Å². The predicted octanol–water partition coefficient (Wildman–Crippen LogP) is -0.0184. The summed E-state index contributed by atoms with van der Waals surface area (Å²) in [6.07, 6.45) is 6.66. The van der Waals surface area contributed by atoms with Gasteiger partial charge in [0.1, 0.15) is 0 Å². The van der Waals surface area contributed by atoms with E-state index in [2.05, 4.69) is 15.1 Å². The zero-order valence-electron chi connectivity index (χ0n) is 10.6. The molecule has 1 aromatic heterocycles. The first-order chi connectivity index (χ1) is 8.55. The Hall–Kier alpha value is -0.920. The van der Waals surface area contributed by atoms with Crippen LogP contribution in [0.5, 0.6) is 0 Å². The van der Waals surface area contributed by atoms with Crippen LogP contribution in [0.25, 0.3) is 0 Å². The molecule has 1 unspecified atom stereocenters. The average molecular weight is 272 g/mol. The summed E-state index contributed by atoms with van der Waals surface area (Å²) in [5.74, 6) is 0.160. The fourth-order valence-electron chi connectivity index (χ4n) is 2.15. The molecule has 1 aromatic rings. The van der Waals surface area contributed by atoms with E-state index < -0.39 is 10.0 Å². The molecule has 1 fully saturated rings. The molecule has 0 saturated carbocycles. The molecule has 0 aromatic carbocycles. The second-order valence-corrected chi connectivity index (χ2v) is 6.62. The van der Waals surface area contributed by atoms with Gasteiger partial charge in [0.2, 0.25) is 10.0 Å². The molecule has 2 heterocycles. The van der Waals surface area contributed by atoms with Gasteiger partial charge < -0.3 is 5.32 Å². The number of sulfonamides is 1. The SMILES string of the molecule is Cn1cc(CNS(=O)(=O)CC2CCCCN2)cn1. The second kappa shape index (κ2) is 5.81. The van der Waals surface area contributed by atoms with Crippen molar-refractivity contribution in [3.05, 3.63) is 18.0 Å². The standard InChI is InChI=1S/C11H20N4O2S/c1-15-8-10(6-13-15)7-14-18(16,17)9-11-4-2-3-5-12-11/h6,8,11-12,14H,2-5,7,9H2,1H3. The molecule has 6 nitrogen and oxygen atoms in total. The first-order valence-electron chi connectivity index (χ1n) is 6.23. The van der Waals surface area contributed by atoms with Crippen LogP contribution in [-0.4, -0.2) is 36.5 Å². The minimum Gasteiger partial charge on any atom is -0.313 e. The summed E-state index contributed by atoms with van der Waals surface area (Å²) in [5.41, 5.74) is 0.873. The Morgan fingerprint density at radius 1 is 1.56 bits per heavy atom. The van der Waals surface area contributed by atoms with Gasteiger partial charge in [-0.25, -0.2) is 13.1 Å². The number of aromatic nitrogens is 2. The lowest BCUT2D eigenvalue weighted by atomic mass is 10.1. The quantitative estimate of drug-likeness (QED) is 0.790. The van der Waals surface area contributed by atoms with Crippen LogP contribution in [0, 0.1) is 0 Å². The third-order valence-corrected chi connectivity index (χ3v) is 4.51. The molecule has 1 saturated heterocycles. The van der Waals surface area contributed by atoms with Crippen molar-refractivity contribution in [1.82, 2.24) is 19.8 Å². The van der Waals surface area contributed by atoms with Crippen molar-refractivity contribution < 1.29 is 8.42 Å². The maximum absolute atomic E-state index is 11.9. The maximum atomic E-state index is 11.9. The molecule has 1 atom stereocenters. The molecule has 2 N–H and O–H groups in total. The highest BCUT2D eigenvalue weighted by atomic mass is 32.2. The first-order valence-corrected chi connectivity index (χ1v) is 7.89. The Morgan fingerprint density at radius 3 is 3.00 bits per heavy atom. The zero-order valence-corrected chi connectivity index (χ0v) is 11.4. The summed E-state index contributed by atoms with van der Waals surface area (Å²) in [7, 11) is -1.41. The number of rotatable bonds is 5. The molecular formula is C11H20N4O2S. The van der Waals surface area contributed by atoms with Gasteiger partial charge in [-0.15, -0.1) is 0 Å². The smallest absolute Gasteiger partial charge is 0.213 e. The third kappa shape index (κ3) is 4.08. The van der Waals surface area contributed by atoms with Gasteiger partial charge in [0.15, 0.2) is 0 Å². The van der Waals surface area contributed by atoms with Crippen molar-refractivity contribution in [2.75, 3.05) is 12.3 Å². The van der Waals surface area contributed by atoms with Gasteiger partial charge in [0.25, 0.3) is 0 Å². The highest BCUT2D eigenvalue weighted by Gasteiger charge is 2.20.